The smallest absolute Gasteiger partial charge is 0.307 e. The third-order valence-electron chi connectivity index (χ3n) is 3.59. The lowest BCUT2D eigenvalue weighted by atomic mass is 9.84. The zero-order chi connectivity index (χ0) is 12.3. The maximum Gasteiger partial charge on any atom is 0.307 e. The fraction of sp³-hybridized carbons (Fsp3) is 0.846. The molecule has 0 aromatic heterocycles. The Morgan fingerprint density at radius 2 is 1.94 bits per heavy atom. The lowest BCUT2D eigenvalue weighted by Gasteiger charge is -2.31. The van der Waals surface area contributed by atoms with Crippen molar-refractivity contribution in [2.75, 3.05) is 13.2 Å². The zero-order valence-electron chi connectivity index (χ0n) is 10.5. The molecule has 0 unspecified atom stereocenters. The average Bonchev–Trinajstić information content (AvgIpc) is 2.99. The minimum Gasteiger partial charge on any atom is -0.466 e. The summed E-state index contributed by atoms with van der Waals surface area (Å²) in [6, 6.07) is 0.400. The zero-order valence-corrected chi connectivity index (χ0v) is 10.5. The standard InChI is InChI=1S/C13H21NO3/c1-2-17-12(15)8-9-14(11-6-7-11)13(16)10-4-3-5-10/h10-11H,2-9H2,1H3. The van der Waals surface area contributed by atoms with Gasteiger partial charge in [0.2, 0.25) is 5.91 Å². The van der Waals surface area contributed by atoms with Crippen LogP contribution in [0.5, 0.6) is 0 Å². The molecule has 0 bridgehead atoms. The van der Waals surface area contributed by atoms with Gasteiger partial charge in [-0.2, -0.15) is 0 Å². The van der Waals surface area contributed by atoms with E-state index in [-0.39, 0.29) is 17.8 Å². The molecule has 2 saturated carbocycles. The Bertz CT molecular complexity index is 295. The summed E-state index contributed by atoms with van der Waals surface area (Å²) >= 11 is 0. The van der Waals surface area contributed by atoms with Crippen LogP contribution in [-0.4, -0.2) is 36.0 Å². The van der Waals surface area contributed by atoms with E-state index in [1.54, 1.807) is 6.92 Å². The Morgan fingerprint density at radius 3 is 2.41 bits per heavy atom. The topological polar surface area (TPSA) is 46.6 Å². The van der Waals surface area contributed by atoms with Crippen LogP contribution in [0.2, 0.25) is 0 Å². The number of ether oxygens (including phenoxy) is 1. The maximum atomic E-state index is 12.2. The molecule has 0 spiro atoms. The van der Waals surface area contributed by atoms with Gasteiger partial charge in [-0.15, -0.1) is 0 Å². The minimum atomic E-state index is -0.195. The van der Waals surface area contributed by atoms with Crippen LogP contribution < -0.4 is 0 Å². The quantitative estimate of drug-likeness (QED) is 0.663. The van der Waals surface area contributed by atoms with Crippen molar-refractivity contribution < 1.29 is 14.3 Å². The lowest BCUT2D eigenvalue weighted by molar-refractivity contribution is -0.145. The van der Waals surface area contributed by atoms with Gasteiger partial charge in [0, 0.05) is 18.5 Å². The highest BCUT2D eigenvalue weighted by molar-refractivity contribution is 5.81. The third-order valence-corrected chi connectivity index (χ3v) is 3.59. The van der Waals surface area contributed by atoms with Crippen molar-refractivity contribution >= 4 is 11.9 Å². The van der Waals surface area contributed by atoms with Crippen LogP contribution >= 0.6 is 0 Å². The van der Waals surface area contributed by atoms with E-state index in [2.05, 4.69) is 0 Å². The van der Waals surface area contributed by atoms with E-state index in [1.807, 2.05) is 4.90 Å². The molecule has 0 aromatic carbocycles. The second kappa shape index (κ2) is 5.52. The number of hydrogen-bond acceptors (Lipinski definition) is 3. The predicted octanol–water partition coefficient (Wildman–Crippen LogP) is 1.73. The van der Waals surface area contributed by atoms with Crippen molar-refractivity contribution in [3.8, 4) is 0 Å². The van der Waals surface area contributed by atoms with Crippen molar-refractivity contribution in [2.45, 2.75) is 51.5 Å². The Hall–Kier alpha value is -1.06. The molecule has 4 nitrogen and oxygen atoms in total. The van der Waals surface area contributed by atoms with Crippen molar-refractivity contribution in [3.05, 3.63) is 0 Å². The van der Waals surface area contributed by atoms with Crippen molar-refractivity contribution in [2.24, 2.45) is 5.92 Å². The molecule has 1 amide bonds. The van der Waals surface area contributed by atoms with Crippen LogP contribution in [0, 0.1) is 5.92 Å². The third kappa shape index (κ3) is 3.20. The number of amides is 1. The molecule has 96 valence electrons. The summed E-state index contributed by atoms with van der Waals surface area (Å²) in [5, 5.41) is 0. The average molecular weight is 239 g/mol. The van der Waals surface area contributed by atoms with Gasteiger partial charge in [-0.25, -0.2) is 0 Å². The Morgan fingerprint density at radius 1 is 1.24 bits per heavy atom. The molecule has 17 heavy (non-hydrogen) atoms. The Balaban J connectivity index is 1.80. The number of esters is 1. The van der Waals surface area contributed by atoms with Crippen LogP contribution in [0.3, 0.4) is 0 Å². The maximum absolute atomic E-state index is 12.2. The molecule has 4 heteroatoms. The van der Waals surface area contributed by atoms with E-state index in [1.165, 1.54) is 6.42 Å². The molecule has 2 aliphatic rings. The van der Waals surface area contributed by atoms with E-state index in [9.17, 15) is 9.59 Å². The van der Waals surface area contributed by atoms with Crippen LogP contribution in [0.25, 0.3) is 0 Å². The summed E-state index contributed by atoms with van der Waals surface area (Å²) in [5.74, 6) is 0.306. The number of hydrogen-bond donors (Lipinski definition) is 0. The molecular weight excluding hydrogens is 218 g/mol. The summed E-state index contributed by atoms with van der Waals surface area (Å²) in [5.41, 5.74) is 0. The van der Waals surface area contributed by atoms with E-state index in [0.717, 1.165) is 25.7 Å². The molecule has 0 aromatic rings. The summed E-state index contributed by atoms with van der Waals surface area (Å²) < 4.78 is 4.90. The fourth-order valence-corrected chi connectivity index (χ4v) is 2.19. The summed E-state index contributed by atoms with van der Waals surface area (Å²) in [7, 11) is 0. The van der Waals surface area contributed by atoms with Crippen molar-refractivity contribution in [3.63, 3.8) is 0 Å². The first kappa shape index (κ1) is 12.4. The molecule has 0 N–H and O–H groups in total. The highest BCUT2D eigenvalue weighted by atomic mass is 16.5. The van der Waals surface area contributed by atoms with E-state index in [0.29, 0.717) is 25.6 Å². The molecule has 2 aliphatic carbocycles. The van der Waals surface area contributed by atoms with Gasteiger partial charge in [0.1, 0.15) is 0 Å². The molecule has 0 aliphatic heterocycles. The fourth-order valence-electron chi connectivity index (χ4n) is 2.19. The lowest BCUT2D eigenvalue weighted by Crippen LogP contribution is -2.41. The van der Waals surface area contributed by atoms with Gasteiger partial charge >= 0.3 is 5.97 Å². The van der Waals surface area contributed by atoms with Gasteiger partial charge in [-0.05, 0) is 32.6 Å². The van der Waals surface area contributed by atoms with Gasteiger partial charge in [0.15, 0.2) is 0 Å². The second-order valence-electron chi connectivity index (χ2n) is 4.95. The van der Waals surface area contributed by atoms with Gasteiger partial charge in [0.05, 0.1) is 13.0 Å². The van der Waals surface area contributed by atoms with Gasteiger partial charge in [0.25, 0.3) is 0 Å². The molecule has 0 saturated heterocycles. The van der Waals surface area contributed by atoms with Gasteiger partial charge in [-0.1, -0.05) is 6.42 Å². The summed E-state index contributed by atoms with van der Waals surface area (Å²) in [4.78, 5) is 25.4. The number of carbonyl (C=O) groups is 2. The normalized spacial score (nSPS) is 19.6. The van der Waals surface area contributed by atoms with Gasteiger partial charge < -0.3 is 9.64 Å². The minimum absolute atomic E-state index is 0.195. The number of carbonyl (C=O) groups excluding carboxylic acids is 2. The number of nitrogens with zero attached hydrogens (tertiary/aromatic N) is 1. The van der Waals surface area contributed by atoms with Crippen LogP contribution in [0.1, 0.15) is 45.4 Å². The largest absolute Gasteiger partial charge is 0.466 e. The van der Waals surface area contributed by atoms with Gasteiger partial charge in [-0.3, -0.25) is 9.59 Å². The molecule has 2 fully saturated rings. The van der Waals surface area contributed by atoms with E-state index in [4.69, 9.17) is 4.74 Å². The monoisotopic (exact) mass is 239 g/mol. The highest BCUT2D eigenvalue weighted by Crippen LogP contribution is 2.34. The van der Waals surface area contributed by atoms with Crippen LogP contribution in [0.15, 0.2) is 0 Å². The first-order valence-corrected chi connectivity index (χ1v) is 6.68. The summed E-state index contributed by atoms with van der Waals surface area (Å²) in [6.45, 7) is 2.76. The predicted molar refractivity (Wildman–Crippen MR) is 63.3 cm³/mol. The number of rotatable bonds is 6. The van der Waals surface area contributed by atoms with E-state index < -0.39 is 0 Å². The molecule has 0 radical (unpaired) electrons. The second-order valence-corrected chi connectivity index (χ2v) is 4.95. The van der Waals surface area contributed by atoms with Crippen LogP contribution in [0.4, 0.5) is 0 Å². The molecule has 0 atom stereocenters. The SMILES string of the molecule is CCOC(=O)CCN(C(=O)C1CCC1)C1CC1. The first-order valence-electron chi connectivity index (χ1n) is 6.68. The van der Waals surface area contributed by atoms with Crippen LogP contribution in [-0.2, 0) is 14.3 Å². The molecular formula is C13H21NO3. The van der Waals surface area contributed by atoms with Crippen molar-refractivity contribution in [1.82, 2.24) is 4.90 Å². The summed E-state index contributed by atoms with van der Waals surface area (Å²) in [6.07, 6.45) is 5.76. The van der Waals surface area contributed by atoms with E-state index >= 15 is 0 Å². The van der Waals surface area contributed by atoms with Crippen molar-refractivity contribution in [1.29, 1.82) is 0 Å². The Labute approximate surface area is 102 Å². The first-order chi connectivity index (χ1) is 8.22. The molecule has 0 heterocycles. The highest BCUT2D eigenvalue weighted by Gasteiger charge is 2.37. The Kier molecular flexibility index (Phi) is 4.02. The molecule has 2 rings (SSSR count).